The first kappa shape index (κ1) is 21.7. The van der Waals surface area contributed by atoms with Crippen LogP contribution in [0.4, 0.5) is 5.69 Å². The van der Waals surface area contributed by atoms with Gasteiger partial charge in [-0.25, -0.2) is 0 Å². The zero-order chi connectivity index (χ0) is 21.4. The van der Waals surface area contributed by atoms with Gasteiger partial charge in [-0.1, -0.05) is 60.7 Å². The zero-order valence-electron chi connectivity index (χ0n) is 18.0. The van der Waals surface area contributed by atoms with E-state index in [1.54, 1.807) is 0 Å². The second-order valence-corrected chi connectivity index (χ2v) is 8.26. The average molecular weight is 406 g/mol. The molecule has 0 saturated carbocycles. The molecule has 0 radical (unpaired) electrons. The fourth-order valence-corrected chi connectivity index (χ4v) is 3.31. The Morgan fingerprint density at radius 1 is 0.733 bits per heavy atom. The molecule has 3 aromatic carbocycles. The third-order valence-corrected chi connectivity index (χ3v) is 4.81. The van der Waals surface area contributed by atoms with Gasteiger partial charge in [-0.15, -0.1) is 0 Å². The van der Waals surface area contributed by atoms with Crippen molar-refractivity contribution in [3.63, 3.8) is 0 Å². The van der Waals surface area contributed by atoms with Crippen molar-refractivity contribution in [2.45, 2.75) is 39.5 Å². The molecule has 3 rings (SSSR count). The molecule has 4 heteroatoms. The summed E-state index contributed by atoms with van der Waals surface area (Å²) in [6, 6.07) is 26.1. The van der Waals surface area contributed by atoms with Crippen molar-refractivity contribution in [2.24, 2.45) is 0 Å². The molecule has 0 heterocycles. The predicted molar refractivity (Wildman–Crippen MR) is 122 cm³/mol. The van der Waals surface area contributed by atoms with E-state index in [1.807, 2.05) is 78.9 Å². The molecule has 0 saturated heterocycles. The lowest BCUT2D eigenvalue weighted by Crippen LogP contribution is -2.43. The molecule has 0 atom stereocenters. The SMILES string of the molecule is CC(C)(C)N(CCO)c1cc(OCc2ccccc2)cc(OCc2ccccc2)c1. The van der Waals surface area contributed by atoms with Crippen LogP contribution in [0.2, 0.25) is 0 Å². The van der Waals surface area contributed by atoms with Gasteiger partial charge in [0.05, 0.1) is 6.61 Å². The van der Waals surface area contributed by atoms with Crippen LogP contribution in [0.15, 0.2) is 78.9 Å². The Hall–Kier alpha value is -2.98. The Labute approximate surface area is 179 Å². The lowest BCUT2D eigenvalue weighted by molar-refractivity contribution is 0.285. The van der Waals surface area contributed by atoms with Gasteiger partial charge in [0.15, 0.2) is 0 Å². The van der Waals surface area contributed by atoms with Crippen molar-refractivity contribution in [2.75, 3.05) is 18.1 Å². The minimum atomic E-state index is -0.155. The van der Waals surface area contributed by atoms with Gasteiger partial charge >= 0.3 is 0 Å². The first-order valence-electron chi connectivity index (χ1n) is 10.3. The molecule has 0 aliphatic heterocycles. The maximum atomic E-state index is 9.60. The van der Waals surface area contributed by atoms with E-state index in [9.17, 15) is 5.11 Å². The molecule has 0 aliphatic rings. The molecule has 0 aromatic heterocycles. The van der Waals surface area contributed by atoms with Gasteiger partial charge in [0.25, 0.3) is 0 Å². The third kappa shape index (κ3) is 6.26. The van der Waals surface area contributed by atoms with Crippen LogP contribution in [-0.4, -0.2) is 23.8 Å². The molecule has 0 unspecified atom stereocenters. The molecule has 4 nitrogen and oxygen atoms in total. The first-order chi connectivity index (χ1) is 14.5. The van der Waals surface area contributed by atoms with Crippen LogP contribution in [-0.2, 0) is 13.2 Å². The summed E-state index contributed by atoms with van der Waals surface area (Å²) >= 11 is 0. The van der Waals surface area contributed by atoms with Gasteiger partial charge in [-0.3, -0.25) is 0 Å². The molecule has 0 aliphatic carbocycles. The Bertz CT molecular complexity index is 843. The van der Waals surface area contributed by atoms with Crippen LogP contribution in [0.5, 0.6) is 11.5 Å². The monoisotopic (exact) mass is 405 g/mol. The fourth-order valence-electron chi connectivity index (χ4n) is 3.31. The van der Waals surface area contributed by atoms with E-state index in [1.165, 1.54) is 0 Å². The van der Waals surface area contributed by atoms with Crippen LogP contribution in [0.25, 0.3) is 0 Å². The molecule has 3 aromatic rings. The molecule has 30 heavy (non-hydrogen) atoms. The number of β-amino-alcohol motifs (C(OH)–C–C–N with tert-alkyl or cyclic N) is 1. The summed E-state index contributed by atoms with van der Waals surface area (Å²) in [6.07, 6.45) is 0. The largest absolute Gasteiger partial charge is 0.489 e. The van der Waals surface area contributed by atoms with Crippen LogP contribution < -0.4 is 14.4 Å². The normalized spacial score (nSPS) is 11.2. The van der Waals surface area contributed by atoms with Crippen LogP contribution >= 0.6 is 0 Å². The van der Waals surface area contributed by atoms with Gasteiger partial charge in [-0.2, -0.15) is 0 Å². The number of anilines is 1. The lowest BCUT2D eigenvalue weighted by Gasteiger charge is -2.37. The van der Waals surface area contributed by atoms with E-state index in [0.29, 0.717) is 19.8 Å². The Kier molecular flexibility index (Phi) is 7.36. The second kappa shape index (κ2) is 10.2. The highest BCUT2D eigenvalue weighted by atomic mass is 16.5. The van der Waals surface area contributed by atoms with Crippen molar-refractivity contribution in [3.05, 3.63) is 90.0 Å². The average Bonchev–Trinajstić information content (AvgIpc) is 2.75. The van der Waals surface area contributed by atoms with Crippen LogP contribution in [0, 0.1) is 0 Å². The fraction of sp³-hybridized carbons (Fsp3) is 0.308. The molecular formula is C26H31NO3. The minimum Gasteiger partial charge on any atom is -0.489 e. The number of hydrogen-bond donors (Lipinski definition) is 1. The highest BCUT2D eigenvalue weighted by Crippen LogP contribution is 2.33. The quantitative estimate of drug-likeness (QED) is 0.515. The standard InChI is InChI=1S/C26H31NO3/c1-26(2,3)27(14-15-28)23-16-24(29-19-21-10-6-4-7-11-21)18-25(17-23)30-20-22-12-8-5-9-13-22/h4-13,16-18,28H,14-15,19-20H2,1-3H3. The highest BCUT2D eigenvalue weighted by molar-refractivity contribution is 5.57. The van der Waals surface area contributed by atoms with Gasteiger partial charge in [0, 0.05) is 36.0 Å². The molecule has 0 bridgehead atoms. The maximum Gasteiger partial charge on any atom is 0.125 e. The third-order valence-electron chi connectivity index (χ3n) is 4.81. The summed E-state index contributed by atoms with van der Waals surface area (Å²) in [5.74, 6) is 1.48. The lowest BCUT2D eigenvalue weighted by atomic mass is 10.0. The van der Waals surface area contributed by atoms with E-state index < -0.39 is 0 Å². The van der Waals surface area contributed by atoms with E-state index >= 15 is 0 Å². The van der Waals surface area contributed by atoms with E-state index in [0.717, 1.165) is 28.3 Å². The summed E-state index contributed by atoms with van der Waals surface area (Å²) in [5.41, 5.74) is 3.03. The highest BCUT2D eigenvalue weighted by Gasteiger charge is 2.22. The van der Waals surface area contributed by atoms with E-state index in [4.69, 9.17) is 9.47 Å². The number of hydrogen-bond acceptors (Lipinski definition) is 4. The summed E-state index contributed by atoms with van der Waals surface area (Å²) in [4.78, 5) is 2.16. The number of nitrogens with zero attached hydrogens (tertiary/aromatic N) is 1. The number of ether oxygens (including phenoxy) is 2. The van der Waals surface area contributed by atoms with Crippen molar-refractivity contribution in [1.82, 2.24) is 0 Å². The summed E-state index contributed by atoms with van der Waals surface area (Å²) in [5, 5.41) is 9.60. The van der Waals surface area contributed by atoms with Crippen molar-refractivity contribution < 1.29 is 14.6 Å². The second-order valence-electron chi connectivity index (χ2n) is 8.26. The Morgan fingerprint density at radius 2 is 1.20 bits per heavy atom. The summed E-state index contributed by atoms with van der Waals surface area (Å²) in [7, 11) is 0. The van der Waals surface area contributed by atoms with Crippen LogP contribution in [0.3, 0.4) is 0 Å². The number of rotatable bonds is 9. The van der Waals surface area contributed by atoms with Gasteiger partial charge in [0.1, 0.15) is 24.7 Å². The van der Waals surface area contributed by atoms with Crippen molar-refractivity contribution >= 4 is 5.69 Å². The topological polar surface area (TPSA) is 41.9 Å². The maximum absolute atomic E-state index is 9.60. The Balaban J connectivity index is 1.85. The molecule has 1 N–H and O–H groups in total. The van der Waals surface area contributed by atoms with E-state index in [-0.39, 0.29) is 12.1 Å². The summed E-state index contributed by atoms with van der Waals surface area (Å²) in [6.45, 7) is 7.96. The number of aliphatic hydroxyl groups excluding tert-OH is 1. The van der Waals surface area contributed by atoms with Crippen molar-refractivity contribution in [1.29, 1.82) is 0 Å². The summed E-state index contributed by atoms with van der Waals surface area (Å²) < 4.78 is 12.2. The van der Waals surface area contributed by atoms with Gasteiger partial charge in [0.2, 0.25) is 0 Å². The molecular weight excluding hydrogens is 374 g/mol. The minimum absolute atomic E-state index is 0.0760. The van der Waals surface area contributed by atoms with E-state index in [2.05, 4.69) is 25.7 Å². The zero-order valence-corrected chi connectivity index (χ0v) is 18.0. The molecule has 0 spiro atoms. The molecule has 0 amide bonds. The number of aliphatic hydroxyl groups is 1. The number of benzene rings is 3. The van der Waals surface area contributed by atoms with Crippen molar-refractivity contribution in [3.8, 4) is 11.5 Å². The molecule has 158 valence electrons. The predicted octanol–water partition coefficient (Wildman–Crippen LogP) is 5.44. The molecule has 0 fully saturated rings. The first-order valence-corrected chi connectivity index (χ1v) is 10.3. The van der Waals surface area contributed by atoms with Gasteiger partial charge < -0.3 is 19.5 Å². The smallest absolute Gasteiger partial charge is 0.125 e. The van der Waals surface area contributed by atoms with Crippen LogP contribution in [0.1, 0.15) is 31.9 Å². The van der Waals surface area contributed by atoms with Gasteiger partial charge in [-0.05, 0) is 31.9 Å². The Morgan fingerprint density at radius 3 is 1.60 bits per heavy atom.